The molecule has 0 saturated heterocycles. The molecule has 1 amide bonds. The number of benzene rings is 2. The number of amides is 1. The van der Waals surface area contributed by atoms with E-state index in [4.69, 9.17) is 14.6 Å². The number of carbonyl (C=O) groups is 2. The van der Waals surface area contributed by atoms with Gasteiger partial charge in [-0.2, -0.15) is 0 Å². The molecule has 0 bridgehead atoms. The Kier molecular flexibility index (Phi) is 7.02. The highest BCUT2D eigenvalue weighted by Gasteiger charge is 2.22. The van der Waals surface area contributed by atoms with E-state index < -0.39 is 18.1 Å². The van der Waals surface area contributed by atoms with E-state index in [1.54, 1.807) is 43.3 Å². The van der Waals surface area contributed by atoms with Gasteiger partial charge in [-0.05, 0) is 43.7 Å². The van der Waals surface area contributed by atoms with Crippen molar-refractivity contribution < 1.29 is 24.2 Å². The lowest BCUT2D eigenvalue weighted by atomic mass is 10.0. The van der Waals surface area contributed by atoms with E-state index in [0.29, 0.717) is 23.7 Å². The number of para-hydroxylation sites is 1. The molecular formula is C20H23NO5. The van der Waals surface area contributed by atoms with Crippen molar-refractivity contribution >= 4 is 11.9 Å². The number of nitrogens with one attached hydrogen (secondary N) is 1. The van der Waals surface area contributed by atoms with Gasteiger partial charge in [-0.25, -0.2) is 0 Å². The first kappa shape index (κ1) is 19.3. The van der Waals surface area contributed by atoms with Gasteiger partial charge < -0.3 is 19.9 Å². The lowest BCUT2D eigenvalue weighted by Crippen LogP contribution is -2.39. The van der Waals surface area contributed by atoms with E-state index in [0.717, 1.165) is 0 Å². The van der Waals surface area contributed by atoms with Crippen molar-refractivity contribution in [1.82, 2.24) is 5.32 Å². The maximum Gasteiger partial charge on any atom is 0.305 e. The molecule has 2 rings (SSSR count). The predicted octanol–water partition coefficient (Wildman–Crippen LogP) is 3.18. The first-order valence-electron chi connectivity index (χ1n) is 8.46. The predicted molar refractivity (Wildman–Crippen MR) is 97.3 cm³/mol. The zero-order chi connectivity index (χ0) is 18.9. The molecule has 2 aromatic rings. The van der Waals surface area contributed by atoms with Crippen LogP contribution in [0.3, 0.4) is 0 Å². The summed E-state index contributed by atoms with van der Waals surface area (Å²) >= 11 is 0. The second kappa shape index (κ2) is 9.46. The zero-order valence-electron chi connectivity index (χ0n) is 14.8. The Morgan fingerprint density at radius 1 is 1.04 bits per heavy atom. The summed E-state index contributed by atoms with van der Waals surface area (Å²) in [4.78, 5) is 23.6. The van der Waals surface area contributed by atoms with Crippen LogP contribution < -0.4 is 14.8 Å². The van der Waals surface area contributed by atoms with Gasteiger partial charge in [0.05, 0.1) is 19.1 Å². The minimum atomic E-state index is -0.999. The summed E-state index contributed by atoms with van der Waals surface area (Å²) in [6.07, 6.45) is -0.978. The van der Waals surface area contributed by atoms with Crippen LogP contribution in [0.25, 0.3) is 0 Å². The lowest BCUT2D eigenvalue weighted by Gasteiger charge is -2.21. The van der Waals surface area contributed by atoms with E-state index in [1.807, 2.05) is 25.1 Å². The lowest BCUT2D eigenvalue weighted by molar-refractivity contribution is -0.138. The summed E-state index contributed by atoms with van der Waals surface area (Å²) in [6, 6.07) is 15.3. The fourth-order valence-corrected chi connectivity index (χ4v) is 2.44. The van der Waals surface area contributed by atoms with Gasteiger partial charge in [0.1, 0.15) is 11.5 Å². The van der Waals surface area contributed by atoms with Crippen molar-refractivity contribution in [2.75, 3.05) is 6.61 Å². The van der Waals surface area contributed by atoms with Gasteiger partial charge in [-0.15, -0.1) is 0 Å². The van der Waals surface area contributed by atoms with Gasteiger partial charge >= 0.3 is 5.97 Å². The summed E-state index contributed by atoms with van der Waals surface area (Å²) in [5.74, 6) is -0.113. The van der Waals surface area contributed by atoms with Gasteiger partial charge in [-0.1, -0.05) is 30.3 Å². The monoisotopic (exact) mass is 357 g/mol. The number of ether oxygens (including phenoxy) is 2. The number of carbonyl (C=O) groups excluding carboxylic acids is 1. The molecule has 2 unspecified atom stereocenters. The Balaban J connectivity index is 2.06. The van der Waals surface area contributed by atoms with Gasteiger partial charge in [0.2, 0.25) is 0 Å². The fraction of sp³-hybridized carbons (Fsp3) is 0.300. The molecule has 0 saturated carbocycles. The minimum absolute atomic E-state index is 0.224. The molecule has 0 heterocycles. The Morgan fingerprint density at radius 3 is 2.27 bits per heavy atom. The standard InChI is InChI=1S/C20H23NO5/c1-3-25-16-11-9-15(10-12-16)18(13-19(22)23)21-20(24)14(2)26-17-7-5-4-6-8-17/h4-12,14,18H,3,13H2,1-2H3,(H,21,24)(H,22,23). The Bertz CT molecular complexity index is 715. The van der Waals surface area contributed by atoms with Crippen LogP contribution in [0.2, 0.25) is 0 Å². The molecule has 0 aliphatic rings. The molecule has 0 aromatic heterocycles. The third-order valence-corrected chi connectivity index (χ3v) is 3.71. The van der Waals surface area contributed by atoms with Crippen LogP contribution in [0.15, 0.2) is 54.6 Å². The van der Waals surface area contributed by atoms with Gasteiger partial charge in [0.25, 0.3) is 5.91 Å². The quantitative estimate of drug-likeness (QED) is 0.720. The van der Waals surface area contributed by atoms with Gasteiger partial charge in [-0.3, -0.25) is 9.59 Å². The first-order chi connectivity index (χ1) is 12.5. The van der Waals surface area contributed by atoms with Gasteiger partial charge in [0, 0.05) is 0 Å². The Hall–Kier alpha value is -3.02. The van der Waals surface area contributed by atoms with Crippen molar-refractivity contribution in [1.29, 1.82) is 0 Å². The second-order valence-electron chi connectivity index (χ2n) is 5.73. The molecule has 0 fully saturated rings. The van der Waals surface area contributed by atoms with Crippen LogP contribution in [-0.4, -0.2) is 29.7 Å². The molecule has 0 radical (unpaired) electrons. The largest absolute Gasteiger partial charge is 0.494 e. The van der Waals surface area contributed by atoms with E-state index in [2.05, 4.69) is 5.32 Å². The van der Waals surface area contributed by atoms with Gasteiger partial charge in [0.15, 0.2) is 6.10 Å². The molecule has 6 nitrogen and oxygen atoms in total. The van der Waals surface area contributed by atoms with Crippen molar-refractivity contribution in [3.63, 3.8) is 0 Å². The topological polar surface area (TPSA) is 84.9 Å². The van der Waals surface area contributed by atoms with Crippen molar-refractivity contribution in [2.24, 2.45) is 0 Å². The fourth-order valence-electron chi connectivity index (χ4n) is 2.44. The molecule has 6 heteroatoms. The second-order valence-corrected chi connectivity index (χ2v) is 5.73. The Labute approximate surface area is 152 Å². The summed E-state index contributed by atoms with van der Waals surface area (Å²) in [7, 11) is 0. The average Bonchev–Trinajstić information content (AvgIpc) is 2.62. The van der Waals surface area contributed by atoms with E-state index in [9.17, 15) is 9.59 Å². The van der Waals surface area contributed by atoms with Crippen LogP contribution in [0.1, 0.15) is 31.9 Å². The van der Waals surface area contributed by atoms with E-state index in [1.165, 1.54) is 0 Å². The summed E-state index contributed by atoms with van der Waals surface area (Å²) in [6.45, 7) is 4.05. The third-order valence-electron chi connectivity index (χ3n) is 3.71. The molecule has 2 aromatic carbocycles. The number of carboxylic acid groups (broad SMARTS) is 1. The normalized spacial score (nSPS) is 12.7. The smallest absolute Gasteiger partial charge is 0.305 e. The van der Waals surface area contributed by atoms with Crippen molar-refractivity contribution in [3.8, 4) is 11.5 Å². The van der Waals surface area contributed by atoms with Crippen LogP contribution in [0.5, 0.6) is 11.5 Å². The minimum Gasteiger partial charge on any atom is -0.494 e. The number of carboxylic acids is 1. The van der Waals surface area contributed by atoms with Crippen LogP contribution >= 0.6 is 0 Å². The summed E-state index contributed by atoms with van der Waals surface area (Å²) in [5.41, 5.74) is 0.691. The summed E-state index contributed by atoms with van der Waals surface area (Å²) < 4.78 is 11.0. The SMILES string of the molecule is CCOc1ccc(C(CC(=O)O)NC(=O)C(C)Oc2ccccc2)cc1. The van der Waals surface area contributed by atoms with E-state index >= 15 is 0 Å². The number of hydrogen-bond donors (Lipinski definition) is 2. The van der Waals surface area contributed by atoms with Crippen molar-refractivity contribution in [3.05, 3.63) is 60.2 Å². The van der Waals surface area contributed by atoms with Crippen LogP contribution in [-0.2, 0) is 9.59 Å². The molecule has 0 aliphatic heterocycles. The molecule has 0 spiro atoms. The molecular weight excluding hydrogens is 334 g/mol. The highest BCUT2D eigenvalue weighted by Crippen LogP contribution is 2.21. The highest BCUT2D eigenvalue weighted by molar-refractivity contribution is 5.82. The zero-order valence-corrected chi connectivity index (χ0v) is 14.8. The Morgan fingerprint density at radius 2 is 1.69 bits per heavy atom. The number of hydrogen-bond acceptors (Lipinski definition) is 4. The number of rotatable bonds is 9. The molecule has 2 atom stereocenters. The maximum atomic E-state index is 12.4. The third kappa shape index (κ3) is 5.81. The molecule has 2 N–H and O–H groups in total. The number of aliphatic carboxylic acids is 1. The van der Waals surface area contributed by atoms with E-state index in [-0.39, 0.29) is 12.3 Å². The summed E-state index contributed by atoms with van der Waals surface area (Å²) in [5, 5.41) is 11.9. The highest BCUT2D eigenvalue weighted by atomic mass is 16.5. The maximum absolute atomic E-state index is 12.4. The van der Waals surface area contributed by atoms with Crippen LogP contribution in [0, 0.1) is 0 Å². The average molecular weight is 357 g/mol. The first-order valence-corrected chi connectivity index (χ1v) is 8.46. The molecule has 26 heavy (non-hydrogen) atoms. The van der Waals surface area contributed by atoms with Crippen molar-refractivity contribution in [2.45, 2.75) is 32.4 Å². The van der Waals surface area contributed by atoms with Crippen LogP contribution in [0.4, 0.5) is 0 Å². The molecule has 0 aliphatic carbocycles. The molecule has 138 valence electrons.